The molecule has 0 unspecified atom stereocenters. The van der Waals surface area contributed by atoms with E-state index in [2.05, 4.69) is 9.97 Å². The zero-order valence-corrected chi connectivity index (χ0v) is 7.00. The molecule has 0 spiro atoms. The number of Topliss-reactive ketones (excluding diaryl/α,β-unsaturated/α-hetero) is 1. The lowest BCUT2D eigenvalue weighted by Crippen LogP contribution is -1.95. The monoisotopic (exact) mass is 172 g/mol. The van der Waals surface area contributed by atoms with Crippen LogP contribution in [0.1, 0.15) is 22.5 Å². The van der Waals surface area contributed by atoms with Crippen molar-refractivity contribution in [3.05, 3.63) is 29.7 Å². The summed E-state index contributed by atoms with van der Waals surface area (Å²) in [7, 11) is 0. The average Bonchev–Trinajstić information content (AvgIpc) is 2.70. The van der Waals surface area contributed by atoms with Crippen LogP contribution in [0.25, 0.3) is 10.9 Å². The minimum atomic E-state index is 0.173. The number of ketones is 1. The Hall–Kier alpha value is -1.64. The van der Waals surface area contributed by atoms with Gasteiger partial charge in [-0.2, -0.15) is 0 Å². The van der Waals surface area contributed by atoms with Crippen molar-refractivity contribution < 1.29 is 4.79 Å². The maximum atomic E-state index is 11.4. The van der Waals surface area contributed by atoms with Gasteiger partial charge in [-0.15, -0.1) is 0 Å². The Morgan fingerprint density at radius 3 is 3.23 bits per heavy atom. The van der Waals surface area contributed by atoms with Crippen LogP contribution in [0.4, 0.5) is 0 Å². The number of aryl methyl sites for hydroxylation is 1. The first-order valence-electron chi connectivity index (χ1n) is 4.34. The predicted octanol–water partition coefficient (Wildman–Crippen LogP) is 1.69. The average molecular weight is 172 g/mol. The van der Waals surface area contributed by atoms with E-state index in [0.717, 1.165) is 22.9 Å². The van der Waals surface area contributed by atoms with E-state index in [-0.39, 0.29) is 5.78 Å². The van der Waals surface area contributed by atoms with Crippen molar-refractivity contribution >= 4 is 16.7 Å². The quantitative estimate of drug-likeness (QED) is 0.657. The number of hydrogen-bond acceptors (Lipinski definition) is 2. The third-order valence-electron chi connectivity index (χ3n) is 2.57. The molecule has 3 heteroatoms. The summed E-state index contributed by atoms with van der Waals surface area (Å²) >= 11 is 0. The van der Waals surface area contributed by atoms with Gasteiger partial charge in [-0.3, -0.25) is 9.78 Å². The molecule has 2 heterocycles. The van der Waals surface area contributed by atoms with Crippen LogP contribution in [0.5, 0.6) is 0 Å². The second-order valence-electron chi connectivity index (χ2n) is 3.32. The van der Waals surface area contributed by atoms with E-state index in [0.29, 0.717) is 12.1 Å². The summed E-state index contributed by atoms with van der Waals surface area (Å²) in [5.74, 6) is 0.173. The highest BCUT2D eigenvalue weighted by Gasteiger charge is 2.23. The van der Waals surface area contributed by atoms with Crippen LogP contribution in [0.2, 0.25) is 0 Å². The number of aromatic nitrogens is 2. The first-order chi connectivity index (χ1) is 6.36. The fourth-order valence-electron chi connectivity index (χ4n) is 1.92. The highest BCUT2D eigenvalue weighted by atomic mass is 16.1. The van der Waals surface area contributed by atoms with Gasteiger partial charge in [0, 0.05) is 29.8 Å². The lowest BCUT2D eigenvalue weighted by molar-refractivity contribution is 0.0990. The largest absolute Gasteiger partial charge is 0.361 e. The Kier molecular flexibility index (Phi) is 1.15. The molecule has 0 saturated heterocycles. The highest BCUT2D eigenvalue weighted by Crippen LogP contribution is 2.26. The molecule has 2 aromatic heterocycles. The van der Waals surface area contributed by atoms with E-state index >= 15 is 0 Å². The molecule has 1 aliphatic carbocycles. The van der Waals surface area contributed by atoms with E-state index in [4.69, 9.17) is 0 Å². The van der Waals surface area contributed by atoms with Crippen LogP contribution >= 0.6 is 0 Å². The summed E-state index contributed by atoms with van der Waals surface area (Å²) < 4.78 is 0. The number of pyridine rings is 1. The fraction of sp³-hybridized carbons (Fsp3) is 0.200. The first-order valence-corrected chi connectivity index (χ1v) is 4.34. The molecule has 0 bridgehead atoms. The number of fused-ring (bicyclic) bond motifs is 3. The van der Waals surface area contributed by atoms with Crippen LogP contribution < -0.4 is 0 Å². The minimum Gasteiger partial charge on any atom is -0.361 e. The van der Waals surface area contributed by atoms with Gasteiger partial charge in [0.1, 0.15) is 5.69 Å². The van der Waals surface area contributed by atoms with Crippen molar-refractivity contribution in [1.29, 1.82) is 0 Å². The molecule has 0 saturated carbocycles. The molecule has 0 aliphatic heterocycles. The summed E-state index contributed by atoms with van der Waals surface area (Å²) in [6.45, 7) is 0. The van der Waals surface area contributed by atoms with E-state index < -0.39 is 0 Å². The number of nitrogens with one attached hydrogen (secondary N) is 1. The van der Waals surface area contributed by atoms with E-state index in [1.54, 1.807) is 6.20 Å². The number of aromatic amines is 1. The Labute approximate surface area is 74.8 Å². The number of hydrogen-bond donors (Lipinski definition) is 1. The summed E-state index contributed by atoms with van der Waals surface area (Å²) in [5.41, 5.74) is 2.83. The molecule has 1 aliphatic rings. The summed E-state index contributed by atoms with van der Waals surface area (Å²) in [6.07, 6.45) is 5.09. The zero-order valence-electron chi connectivity index (χ0n) is 7.00. The van der Waals surface area contributed by atoms with Gasteiger partial charge in [0.15, 0.2) is 5.78 Å². The van der Waals surface area contributed by atoms with Crippen molar-refractivity contribution in [3.8, 4) is 0 Å². The van der Waals surface area contributed by atoms with Crippen molar-refractivity contribution in [2.24, 2.45) is 0 Å². The van der Waals surface area contributed by atoms with Gasteiger partial charge in [0.05, 0.1) is 5.52 Å². The smallest absolute Gasteiger partial charge is 0.181 e. The van der Waals surface area contributed by atoms with E-state index in [9.17, 15) is 4.79 Å². The Morgan fingerprint density at radius 1 is 1.38 bits per heavy atom. The molecule has 0 fully saturated rings. The predicted molar refractivity (Wildman–Crippen MR) is 48.7 cm³/mol. The standard InChI is InChI=1S/C10H8N2O/c13-8-2-1-7-9-6(3-4-11-9)5-12-10(7)8/h3-5,11H,1-2H2. The molecule has 2 aromatic rings. The third-order valence-corrected chi connectivity index (χ3v) is 2.57. The maximum Gasteiger partial charge on any atom is 0.181 e. The number of nitrogens with zero attached hydrogens (tertiary/aromatic N) is 1. The van der Waals surface area contributed by atoms with Crippen LogP contribution in [-0.2, 0) is 6.42 Å². The molecular formula is C10H8N2O. The first kappa shape index (κ1) is 6.83. The Morgan fingerprint density at radius 2 is 2.31 bits per heavy atom. The SMILES string of the molecule is O=C1CCc2c1ncc1cc[nH]c21. The molecule has 13 heavy (non-hydrogen) atoms. The molecule has 0 radical (unpaired) electrons. The Balaban J connectivity index is 2.45. The van der Waals surface area contributed by atoms with E-state index in [1.165, 1.54) is 0 Å². The molecule has 64 valence electrons. The maximum absolute atomic E-state index is 11.4. The molecule has 1 N–H and O–H groups in total. The summed E-state index contributed by atoms with van der Waals surface area (Å²) in [4.78, 5) is 18.7. The molecule has 0 amide bonds. The number of carbonyl (C=O) groups is 1. The topological polar surface area (TPSA) is 45.8 Å². The third kappa shape index (κ3) is 0.786. The van der Waals surface area contributed by atoms with Gasteiger partial charge in [-0.1, -0.05) is 0 Å². The number of carbonyl (C=O) groups excluding carboxylic acids is 1. The zero-order chi connectivity index (χ0) is 8.84. The van der Waals surface area contributed by atoms with Crippen molar-refractivity contribution in [3.63, 3.8) is 0 Å². The van der Waals surface area contributed by atoms with Crippen molar-refractivity contribution in [1.82, 2.24) is 9.97 Å². The fourth-order valence-corrected chi connectivity index (χ4v) is 1.92. The normalized spacial score (nSPS) is 15.2. The number of rotatable bonds is 0. The van der Waals surface area contributed by atoms with Gasteiger partial charge >= 0.3 is 0 Å². The van der Waals surface area contributed by atoms with Gasteiger partial charge < -0.3 is 4.98 Å². The van der Waals surface area contributed by atoms with Gasteiger partial charge in [0.25, 0.3) is 0 Å². The lowest BCUT2D eigenvalue weighted by atomic mass is 10.2. The van der Waals surface area contributed by atoms with Crippen molar-refractivity contribution in [2.45, 2.75) is 12.8 Å². The van der Waals surface area contributed by atoms with Crippen LogP contribution in [-0.4, -0.2) is 15.8 Å². The van der Waals surface area contributed by atoms with Crippen LogP contribution in [0.3, 0.4) is 0 Å². The molecular weight excluding hydrogens is 164 g/mol. The highest BCUT2D eigenvalue weighted by molar-refractivity contribution is 6.03. The van der Waals surface area contributed by atoms with Gasteiger partial charge in [-0.25, -0.2) is 0 Å². The molecule has 0 atom stereocenters. The summed E-state index contributed by atoms with van der Waals surface area (Å²) in [6, 6.07) is 1.98. The lowest BCUT2D eigenvalue weighted by Gasteiger charge is -1.97. The number of H-pyrrole nitrogens is 1. The second kappa shape index (κ2) is 2.19. The molecule has 0 aromatic carbocycles. The Bertz CT molecular complexity index is 499. The van der Waals surface area contributed by atoms with E-state index in [1.807, 2.05) is 12.3 Å². The minimum absolute atomic E-state index is 0.173. The van der Waals surface area contributed by atoms with Crippen LogP contribution in [0.15, 0.2) is 18.5 Å². The van der Waals surface area contributed by atoms with Crippen LogP contribution in [0, 0.1) is 0 Å². The molecule has 3 rings (SSSR count). The summed E-state index contributed by atoms with van der Waals surface area (Å²) in [5, 5.41) is 1.09. The molecule has 3 nitrogen and oxygen atoms in total. The van der Waals surface area contributed by atoms with Gasteiger partial charge in [-0.05, 0) is 12.5 Å². The van der Waals surface area contributed by atoms with Gasteiger partial charge in [0.2, 0.25) is 0 Å². The second-order valence-corrected chi connectivity index (χ2v) is 3.32. The van der Waals surface area contributed by atoms with Crippen molar-refractivity contribution in [2.75, 3.05) is 0 Å².